The molecule has 1 atom stereocenters. The van der Waals surface area contributed by atoms with Gasteiger partial charge in [-0.1, -0.05) is 29.3 Å². The summed E-state index contributed by atoms with van der Waals surface area (Å²) in [5, 5.41) is 2.35. The van der Waals surface area contributed by atoms with E-state index in [0.717, 1.165) is 25.0 Å². The highest BCUT2D eigenvalue weighted by atomic mass is 35.5. The van der Waals surface area contributed by atoms with Gasteiger partial charge in [-0.3, -0.25) is 4.79 Å². The predicted octanol–water partition coefficient (Wildman–Crippen LogP) is 4.20. The molecule has 1 amide bonds. The molecule has 1 fully saturated rings. The minimum atomic E-state index is -3.91. The highest BCUT2D eigenvalue weighted by molar-refractivity contribution is 7.89. The lowest BCUT2D eigenvalue weighted by Gasteiger charge is -2.17. The fraction of sp³-hybridized carbons (Fsp3) is 0.278. The maximum Gasteiger partial charge on any atom is 0.253 e. The number of sulfonamides is 1. The first kappa shape index (κ1) is 21.0. The Morgan fingerprint density at radius 2 is 1.82 bits per heavy atom. The smallest absolute Gasteiger partial charge is 0.253 e. The van der Waals surface area contributed by atoms with E-state index < -0.39 is 33.6 Å². The van der Waals surface area contributed by atoms with E-state index >= 15 is 0 Å². The van der Waals surface area contributed by atoms with Gasteiger partial charge in [-0.25, -0.2) is 21.9 Å². The first-order chi connectivity index (χ1) is 13.1. The minimum Gasteiger partial charge on any atom is -0.345 e. The van der Waals surface area contributed by atoms with Crippen LogP contribution in [0.2, 0.25) is 10.0 Å². The summed E-state index contributed by atoms with van der Waals surface area (Å²) in [6, 6.07) is 4.29. The fourth-order valence-electron chi connectivity index (χ4n) is 2.60. The standard InChI is InChI=1S/C18H16Cl2F2N2O3S/c1-9(12-5-2-10(21)6-16(12)22)23-18(25)13-7-17(15(20)8-14(13)19)28(26,27)24-11-3-4-11/h2,5-9,11,24H,3-4H2,1H3,(H,23,25)/t9-/m1/s1. The van der Waals surface area contributed by atoms with Crippen molar-refractivity contribution >= 4 is 39.1 Å². The van der Waals surface area contributed by atoms with Crippen molar-refractivity contribution in [1.29, 1.82) is 0 Å². The maximum atomic E-state index is 13.9. The van der Waals surface area contributed by atoms with Crippen molar-refractivity contribution in [3.63, 3.8) is 0 Å². The van der Waals surface area contributed by atoms with E-state index in [1.807, 2.05) is 0 Å². The van der Waals surface area contributed by atoms with Crippen molar-refractivity contribution in [1.82, 2.24) is 10.0 Å². The molecule has 0 heterocycles. The van der Waals surface area contributed by atoms with E-state index in [9.17, 15) is 22.0 Å². The van der Waals surface area contributed by atoms with Gasteiger partial charge in [0.2, 0.25) is 10.0 Å². The Morgan fingerprint density at radius 3 is 2.43 bits per heavy atom. The molecule has 0 aliphatic heterocycles. The van der Waals surface area contributed by atoms with E-state index in [1.54, 1.807) is 0 Å². The van der Waals surface area contributed by atoms with Gasteiger partial charge in [0.05, 0.1) is 21.7 Å². The van der Waals surface area contributed by atoms with Crippen molar-refractivity contribution in [3.8, 4) is 0 Å². The third-order valence-corrected chi connectivity index (χ3v) is 6.53. The molecule has 28 heavy (non-hydrogen) atoms. The van der Waals surface area contributed by atoms with Crippen LogP contribution in [0.3, 0.4) is 0 Å². The first-order valence-corrected chi connectivity index (χ1v) is 10.6. The fourth-order valence-corrected chi connectivity index (χ4v) is 4.76. The van der Waals surface area contributed by atoms with Gasteiger partial charge in [-0.15, -0.1) is 0 Å². The summed E-state index contributed by atoms with van der Waals surface area (Å²) in [4.78, 5) is 12.3. The van der Waals surface area contributed by atoms with Crippen LogP contribution >= 0.6 is 23.2 Å². The van der Waals surface area contributed by atoms with Crippen molar-refractivity contribution < 1.29 is 22.0 Å². The molecule has 0 radical (unpaired) electrons. The Balaban J connectivity index is 1.87. The van der Waals surface area contributed by atoms with Gasteiger partial charge in [0.1, 0.15) is 16.5 Å². The van der Waals surface area contributed by atoms with Gasteiger partial charge in [-0.05, 0) is 38.0 Å². The molecule has 3 rings (SSSR count). The number of hydrogen-bond donors (Lipinski definition) is 2. The average molecular weight is 449 g/mol. The molecule has 0 aromatic heterocycles. The van der Waals surface area contributed by atoms with E-state index in [2.05, 4.69) is 10.0 Å². The second kappa shape index (κ2) is 7.94. The summed E-state index contributed by atoms with van der Waals surface area (Å²) >= 11 is 12.1. The SMILES string of the molecule is C[C@@H](NC(=O)c1cc(S(=O)(=O)NC2CC2)c(Cl)cc1Cl)c1ccc(F)cc1F. The van der Waals surface area contributed by atoms with E-state index in [-0.39, 0.29) is 32.1 Å². The highest BCUT2D eigenvalue weighted by Gasteiger charge is 2.30. The number of benzene rings is 2. The van der Waals surface area contributed by atoms with Crippen LogP contribution in [-0.4, -0.2) is 20.4 Å². The van der Waals surface area contributed by atoms with Crippen LogP contribution in [0.4, 0.5) is 8.78 Å². The van der Waals surface area contributed by atoms with E-state index in [1.165, 1.54) is 19.1 Å². The molecule has 150 valence electrons. The summed E-state index contributed by atoms with van der Waals surface area (Å²) in [7, 11) is -3.91. The molecule has 10 heteroatoms. The number of amides is 1. The van der Waals surface area contributed by atoms with Crippen LogP contribution in [0, 0.1) is 11.6 Å². The number of halogens is 4. The quantitative estimate of drug-likeness (QED) is 0.694. The van der Waals surface area contributed by atoms with E-state index in [0.29, 0.717) is 6.07 Å². The van der Waals surface area contributed by atoms with Crippen molar-refractivity contribution in [3.05, 3.63) is 63.1 Å². The Bertz CT molecular complexity index is 1040. The summed E-state index contributed by atoms with van der Waals surface area (Å²) in [5.41, 5.74) is -0.0558. The molecule has 2 N–H and O–H groups in total. The Hall–Kier alpha value is -1.74. The second-order valence-corrected chi connectivity index (χ2v) is 9.02. The third-order valence-electron chi connectivity index (χ3n) is 4.23. The van der Waals surface area contributed by atoms with Gasteiger partial charge < -0.3 is 5.32 Å². The zero-order valence-electron chi connectivity index (χ0n) is 14.6. The molecule has 2 aromatic carbocycles. The zero-order valence-corrected chi connectivity index (χ0v) is 16.9. The topological polar surface area (TPSA) is 75.3 Å². The van der Waals surface area contributed by atoms with Crippen LogP contribution in [0.1, 0.15) is 41.7 Å². The molecule has 1 aliphatic rings. The highest BCUT2D eigenvalue weighted by Crippen LogP contribution is 2.31. The van der Waals surface area contributed by atoms with Crippen molar-refractivity contribution in [2.24, 2.45) is 0 Å². The molecule has 5 nitrogen and oxygen atoms in total. The van der Waals surface area contributed by atoms with Crippen LogP contribution < -0.4 is 10.0 Å². The average Bonchev–Trinajstić information content (AvgIpc) is 3.37. The lowest BCUT2D eigenvalue weighted by Crippen LogP contribution is -2.29. The van der Waals surface area contributed by atoms with Gasteiger partial charge >= 0.3 is 0 Å². The van der Waals surface area contributed by atoms with Gasteiger partial charge in [0.15, 0.2) is 0 Å². The van der Waals surface area contributed by atoms with E-state index in [4.69, 9.17) is 23.2 Å². The van der Waals surface area contributed by atoms with Gasteiger partial charge in [0.25, 0.3) is 5.91 Å². The Labute approximate surface area is 171 Å². The Kier molecular flexibility index (Phi) is 5.95. The van der Waals surface area contributed by atoms with Gasteiger partial charge in [0, 0.05) is 17.7 Å². The number of nitrogens with one attached hydrogen (secondary N) is 2. The normalized spacial score (nSPS) is 15.3. The maximum absolute atomic E-state index is 13.9. The number of carbonyl (C=O) groups is 1. The van der Waals surface area contributed by atoms with Crippen LogP contribution in [-0.2, 0) is 10.0 Å². The second-order valence-electron chi connectivity index (χ2n) is 6.52. The third kappa shape index (κ3) is 4.63. The number of carbonyl (C=O) groups excluding carboxylic acids is 1. The first-order valence-electron chi connectivity index (χ1n) is 8.35. The summed E-state index contributed by atoms with van der Waals surface area (Å²) in [5.74, 6) is -2.27. The van der Waals surface area contributed by atoms with Crippen LogP contribution in [0.15, 0.2) is 35.2 Å². The van der Waals surface area contributed by atoms with Crippen molar-refractivity contribution in [2.45, 2.75) is 36.7 Å². The predicted molar refractivity (Wildman–Crippen MR) is 102 cm³/mol. The molecule has 0 bridgehead atoms. The zero-order chi connectivity index (χ0) is 20.6. The molecule has 0 unspecified atom stereocenters. The minimum absolute atomic E-state index is 0.0559. The van der Waals surface area contributed by atoms with Crippen LogP contribution in [0.25, 0.3) is 0 Å². The monoisotopic (exact) mass is 448 g/mol. The lowest BCUT2D eigenvalue weighted by atomic mass is 10.1. The van der Waals surface area contributed by atoms with Gasteiger partial charge in [-0.2, -0.15) is 0 Å². The molecule has 2 aromatic rings. The van der Waals surface area contributed by atoms with Crippen molar-refractivity contribution in [2.75, 3.05) is 0 Å². The summed E-state index contributed by atoms with van der Waals surface area (Å²) < 4.78 is 54.4. The molecule has 1 saturated carbocycles. The Morgan fingerprint density at radius 1 is 1.14 bits per heavy atom. The molecule has 1 aliphatic carbocycles. The summed E-state index contributed by atoms with van der Waals surface area (Å²) in [6.07, 6.45) is 1.47. The molecule has 0 saturated heterocycles. The molecule has 0 spiro atoms. The number of hydrogen-bond acceptors (Lipinski definition) is 3. The lowest BCUT2D eigenvalue weighted by molar-refractivity contribution is 0.0939. The molecular formula is C18H16Cl2F2N2O3S. The van der Waals surface area contributed by atoms with Crippen LogP contribution in [0.5, 0.6) is 0 Å². The largest absolute Gasteiger partial charge is 0.345 e. The number of rotatable bonds is 6. The summed E-state index contributed by atoms with van der Waals surface area (Å²) in [6.45, 7) is 1.50. The molecular weight excluding hydrogens is 433 g/mol.